The maximum atomic E-state index is 12.0. The fourth-order valence-electron chi connectivity index (χ4n) is 2.21. The summed E-state index contributed by atoms with van der Waals surface area (Å²) < 4.78 is 6.35. The van der Waals surface area contributed by atoms with Crippen molar-refractivity contribution < 1.29 is 9.53 Å². The van der Waals surface area contributed by atoms with Crippen LogP contribution >= 0.6 is 0 Å². The van der Waals surface area contributed by atoms with Crippen LogP contribution in [0.3, 0.4) is 0 Å². The molecule has 0 N–H and O–H groups in total. The Labute approximate surface area is 122 Å². The summed E-state index contributed by atoms with van der Waals surface area (Å²) in [5.74, 6) is -0.432. The zero-order valence-corrected chi connectivity index (χ0v) is 12.1. The van der Waals surface area contributed by atoms with Crippen LogP contribution in [0.25, 0.3) is 16.9 Å². The molecule has 106 valence electrons. The van der Waals surface area contributed by atoms with E-state index < -0.39 is 5.97 Å². The second-order valence-electron chi connectivity index (χ2n) is 4.94. The lowest BCUT2D eigenvalue weighted by Gasteiger charge is -2.07. The minimum atomic E-state index is -0.432. The molecule has 0 atom stereocenters. The molecule has 0 fully saturated rings. The fraction of sp³-hybridized carbons (Fsp3) is 0.188. The van der Waals surface area contributed by atoms with E-state index in [1.165, 1.54) is 17.2 Å². The number of aryl methyl sites for hydroxylation is 2. The van der Waals surface area contributed by atoms with Crippen molar-refractivity contribution in [3.05, 3.63) is 53.3 Å². The van der Waals surface area contributed by atoms with Crippen LogP contribution in [0.15, 0.2) is 36.4 Å². The summed E-state index contributed by atoms with van der Waals surface area (Å²) in [5, 5.41) is 4.28. The van der Waals surface area contributed by atoms with Gasteiger partial charge in [-0.2, -0.15) is 5.10 Å². The molecule has 0 aliphatic heterocycles. The molecule has 0 aliphatic carbocycles. The van der Waals surface area contributed by atoms with Crippen molar-refractivity contribution in [1.29, 1.82) is 0 Å². The quantitative estimate of drug-likeness (QED) is 0.678. The minimum absolute atomic E-state index is 0.367. The van der Waals surface area contributed by atoms with Gasteiger partial charge in [0, 0.05) is 11.6 Å². The molecule has 2 aromatic heterocycles. The number of hydrogen-bond acceptors (Lipinski definition) is 4. The Bertz CT molecular complexity index is 819. The lowest BCUT2D eigenvalue weighted by Crippen LogP contribution is -2.10. The van der Waals surface area contributed by atoms with Gasteiger partial charge < -0.3 is 4.74 Å². The van der Waals surface area contributed by atoms with E-state index in [0.717, 1.165) is 17.0 Å². The van der Waals surface area contributed by atoms with Crippen molar-refractivity contribution in [3.63, 3.8) is 0 Å². The summed E-state index contributed by atoms with van der Waals surface area (Å²) in [6, 6.07) is 11.5. The van der Waals surface area contributed by atoms with Crippen LogP contribution in [0.2, 0.25) is 0 Å². The van der Waals surface area contributed by atoms with Crippen LogP contribution in [0.5, 0.6) is 0 Å². The molecule has 0 bridgehead atoms. The molecule has 3 rings (SSSR count). The van der Waals surface area contributed by atoms with Crippen molar-refractivity contribution in [2.75, 3.05) is 7.11 Å². The first-order chi connectivity index (χ1) is 10.1. The van der Waals surface area contributed by atoms with E-state index in [9.17, 15) is 4.79 Å². The third kappa shape index (κ3) is 2.38. The molecule has 1 aromatic carbocycles. The Balaban J connectivity index is 2.24. The van der Waals surface area contributed by atoms with E-state index in [1.54, 1.807) is 6.07 Å². The van der Waals surface area contributed by atoms with Crippen LogP contribution in [-0.4, -0.2) is 27.7 Å². The molecule has 0 saturated carbocycles. The molecule has 0 amide bonds. The van der Waals surface area contributed by atoms with E-state index in [4.69, 9.17) is 4.74 Å². The fourth-order valence-corrected chi connectivity index (χ4v) is 2.21. The smallest absolute Gasteiger partial charge is 0.356 e. The van der Waals surface area contributed by atoms with Crippen molar-refractivity contribution in [2.45, 2.75) is 13.8 Å². The van der Waals surface area contributed by atoms with Gasteiger partial charge in [0.15, 0.2) is 11.3 Å². The van der Waals surface area contributed by atoms with E-state index >= 15 is 0 Å². The van der Waals surface area contributed by atoms with Gasteiger partial charge in [-0.05, 0) is 19.9 Å². The van der Waals surface area contributed by atoms with Crippen molar-refractivity contribution in [1.82, 2.24) is 14.6 Å². The summed E-state index contributed by atoms with van der Waals surface area (Å²) in [7, 11) is 1.36. The Hall–Kier alpha value is -2.69. The van der Waals surface area contributed by atoms with Gasteiger partial charge in [-0.25, -0.2) is 14.3 Å². The van der Waals surface area contributed by atoms with E-state index in [2.05, 4.69) is 10.1 Å². The SMILES string of the molecule is COC(=O)c1cc(-c2ccc(C)cc2)nc2cc(C)nn12. The first kappa shape index (κ1) is 13.3. The summed E-state index contributed by atoms with van der Waals surface area (Å²) in [6.45, 7) is 3.89. The first-order valence-electron chi connectivity index (χ1n) is 6.61. The number of carbonyl (C=O) groups is 1. The molecule has 5 nitrogen and oxygen atoms in total. The highest BCUT2D eigenvalue weighted by molar-refractivity contribution is 5.89. The lowest BCUT2D eigenvalue weighted by atomic mass is 10.1. The standard InChI is InChI=1S/C16H15N3O2/c1-10-4-6-12(7-5-10)13-9-14(16(20)21-3)19-15(17-13)8-11(2)18-19/h4-9H,1-3H3. The number of esters is 1. The normalized spacial score (nSPS) is 10.8. The minimum Gasteiger partial charge on any atom is -0.464 e. The average molecular weight is 281 g/mol. The Morgan fingerprint density at radius 3 is 2.52 bits per heavy atom. The first-order valence-corrected chi connectivity index (χ1v) is 6.61. The van der Waals surface area contributed by atoms with E-state index in [1.807, 2.05) is 44.2 Å². The number of carbonyl (C=O) groups excluding carboxylic acids is 1. The Kier molecular flexibility index (Phi) is 3.17. The van der Waals surface area contributed by atoms with Gasteiger partial charge in [0.05, 0.1) is 18.5 Å². The monoisotopic (exact) mass is 281 g/mol. The largest absolute Gasteiger partial charge is 0.464 e. The Morgan fingerprint density at radius 1 is 1.14 bits per heavy atom. The number of benzene rings is 1. The number of nitrogens with zero attached hydrogens (tertiary/aromatic N) is 3. The number of aromatic nitrogens is 3. The van der Waals surface area contributed by atoms with Crippen molar-refractivity contribution in [2.24, 2.45) is 0 Å². The summed E-state index contributed by atoms with van der Waals surface area (Å²) in [6.07, 6.45) is 0. The third-order valence-corrected chi connectivity index (χ3v) is 3.29. The van der Waals surface area contributed by atoms with Crippen LogP contribution in [-0.2, 0) is 4.74 Å². The molecule has 21 heavy (non-hydrogen) atoms. The van der Waals surface area contributed by atoms with Gasteiger partial charge in [-0.1, -0.05) is 29.8 Å². The number of methoxy groups -OCH3 is 1. The highest BCUT2D eigenvalue weighted by Crippen LogP contribution is 2.21. The van der Waals surface area contributed by atoms with Crippen LogP contribution in [0.1, 0.15) is 21.7 Å². The molecule has 0 radical (unpaired) electrons. The maximum absolute atomic E-state index is 12.0. The maximum Gasteiger partial charge on any atom is 0.356 e. The van der Waals surface area contributed by atoms with Crippen LogP contribution < -0.4 is 0 Å². The molecule has 0 saturated heterocycles. The van der Waals surface area contributed by atoms with Gasteiger partial charge in [-0.15, -0.1) is 0 Å². The zero-order chi connectivity index (χ0) is 15.0. The molecule has 0 aliphatic rings. The van der Waals surface area contributed by atoms with Gasteiger partial charge >= 0.3 is 5.97 Å². The Morgan fingerprint density at radius 2 is 1.86 bits per heavy atom. The molecule has 2 heterocycles. The second kappa shape index (κ2) is 5.01. The van der Waals surface area contributed by atoms with Gasteiger partial charge in [0.25, 0.3) is 0 Å². The zero-order valence-electron chi connectivity index (χ0n) is 12.1. The second-order valence-corrected chi connectivity index (χ2v) is 4.94. The number of fused-ring (bicyclic) bond motifs is 1. The summed E-state index contributed by atoms with van der Waals surface area (Å²) in [5.41, 5.74) is 4.65. The molecular formula is C16H15N3O2. The molecule has 0 spiro atoms. The molecular weight excluding hydrogens is 266 g/mol. The molecule has 5 heteroatoms. The predicted octanol–water partition coefficient (Wildman–Crippen LogP) is 2.80. The number of rotatable bonds is 2. The van der Waals surface area contributed by atoms with Crippen LogP contribution in [0, 0.1) is 13.8 Å². The number of ether oxygens (including phenoxy) is 1. The highest BCUT2D eigenvalue weighted by Gasteiger charge is 2.15. The summed E-state index contributed by atoms with van der Waals surface area (Å²) >= 11 is 0. The molecule has 3 aromatic rings. The third-order valence-electron chi connectivity index (χ3n) is 3.29. The van der Waals surface area contributed by atoms with Gasteiger partial charge in [-0.3, -0.25) is 0 Å². The van der Waals surface area contributed by atoms with Crippen molar-refractivity contribution in [3.8, 4) is 11.3 Å². The number of hydrogen-bond donors (Lipinski definition) is 0. The predicted molar refractivity (Wildman–Crippen MR) is 79.2 cm³/mol. The van der Waals surface area contributed by atoms with Crippen molar-refractivity contribution >= 4 is 11.6 Å². The lowest BCUT2D eigenvalue weighted by molar-refractivity contribution is 0.0590. The van der Waals surface area contributed by atoms with Gasteiger partial charge in [0.1, 0.15) is 0 Å². The summed E-state index contributed by atoms with van der Waals surface area (Å²) in [4.78, 5) is 16.5. The van der Waals surface area contributed by atoms with Gasteiger partial charge in [0.2, 0.25) is 0 Å². The van der Waals surface area contributed by atoms with E-state index in [0.29, 0.717) is 11.3 Å². The van der Waals surface area contributed by atoms with Crippen LogP contribution in [0.4, 0.5) is 0 Å². The topological polar surface area (TPSA) is 56.5 Å². The average Bonchev–Trinajstić information content (AvgIpc) is 2.86. The molecule has 0 unspecified atom stereocenters. The highest BCUT2D eigenvalue weighted by atomic mass is 16.5. The van der Waals surface area contributed by atoms with E-state index in [-0.39, 0.29) is 0 Å².